The number of nitrogens with two attached hydrogens (primary N) is 1. The number of anilines is 1. The monoisotopic (exact) mass is 282 g/mol. The van der Waals surface area contributed by atoms with Crippen LogP contribution in [-0.2, 0) is 0 Å². The van der Waals surface area contributed by atoms with Crippen molar-refractivity contribution in [3.8, 4) is 0 Å². The van der Waals surface area contributed by atoms with Crippen molar-refractivity contribution in [2.75, 3.05) is 5.73 Å². The highest BCUT2D eigenvalue weighted by molar-refractivity contribution is 5.97. The van der Waals surface area contributed by atoms with Gasteiger partial charge >= 0.3 is 0 Å². The van der Waals surface area contributed by atoms with E-state index in [1.807, 2.05) is 12.1 Å². The Balaban J connectivity index is 2.03. The zero-order chi connectivity index (χ0) is 15.2. The molecule has 2 rings (SSSR count). The van der Waals surface area contributed by atoms with E-state index in [0.29, 0.717) is 11.3 Å². The molecule has 0 spiro atoms. The molecule has 0 aliphatic carbocycles. The number of hydrogen-bond acceptors (Lipinski definition) is 4. The van der Waals surface area contributed by atoms with Crippen molar-refractivity contribution in [2.45, 2.75) is 0 Å². The molecule has 21 heavy (non-hydrogen) atoms. The van der Waals surface area contributed by atoms with Gasteiger partial charge in [-0.2, -0.15) is 0 Å². The fourth-order valence-electron chi connectivity index (χ4n) is 1.69. The van der Waals surface area contributed by atoms with E-state index < -0.39 is 4.92 Å². The van der Waals surface area contributed by atoms with Gasteiger partial charge < -0.3 is 11.1 Å². The maximum absolute atomic E-state index is 10.7. The molecule has 0 fully saturated rings. The summed E-state index contributed by atoms with van der Waals surface area (Å²) in [6.45, 7) is 0. The van der Waals surface area contributed by atoms with Crippen LogP contribution in [0.5, 0.6) is 0 Å². The molecule has 0 heterocycles. The Kier molecular flexibility index (Phi) is 4.30. The molecular weight excluding hydrogens is 268 g/mol. The van der Waals surface area contributed by atoms with E-state index in [-0.39, 0.29) is 11.5 Å². The Labute approximate surface area is 121 Å². The molecule has 106 valence electrons. The van der Waals surface area contributed by atoms with E-state index in [4.69, 9.17) is 11.1 Å². The van der Waals surface area contributed by atoms with Crippen LogP contribution >= 0.6 is 0 Å². The summed E-state index contributed by atoms with van der Waals surface area (Å²) in [6, 6.07) is 13.2. The highest BCUT2D eigenvalue weighted by Gasteiger charge is 2.07. The lowest BCUT2D eigenvalue weighted by molar-refractivity contribution is -0.384. The average Bonchev–Trinajstić information content (AvgIpc) is 2.49. The van der Waals surface area contributed by atoms with Gasteiger partial charge in [0.05, 0.1) is 4.92 Å². The molecule has 0 aliphatic heterocycles. The third kappa shape index (κ3) is 3.90. The Morgan fingerprint density at radius 2 is 1.95 bits per heavy atom. The first-order valence-electron chi connectivity index (χ1n) is 6.18. The van der Waals surface area contributed by atoms with Crippen LogP contribution < -0.4 is 11.1 Å². The van der Waals surface area contributed by atoms with Crippen LogP contribution in [0.2, 0.25) is 0 Å². The highest BCUT2D eigenvalue weighted by atomic mass is 16.6. The number of non-ortho nitro benzene ring substituents is 1. The minimum Gasteiger partial charge on any atom is -0.399 e. The summed E-state index contributed by atoms with van der Waals surface area (Å²) < 4.78 is 0. The first-order chi connectivity index (χ1) is 10.1. The van der Waals surface area contributed by atoms with Gasteiger partial charge in [0.15, 0.2) is 0 Å². The smallest absolute Gasteiger partial charge is 0.270 e. The summed E-state index contributed by atoms with van der Waals surface area (Å²) in [5, 5.41) is 21.3. The molecular formula is C15H14N4O2. The number of nitrogens with one attached hydrogen (secondary N) is 2. The Hall–Kier alpha value is -3.15. The molecule has 4 N–H and O–H groups in total. The molecule has 6 nitrogen and oxygen atoms in total. The van der Waals surface area contributed by atoms with Crippen LogP contribution in [0.4, 0.5) is 11.4 Å². The van der Waals surface area contributed by atoms with Gasteiger partial charge in [0.1, 0.15) is 5.84 Å². The predicted octanol–water partition coefficient (Wildman–Crippen LogP) is 2.76. The van der Waals surface area contributed by atoms with Crippen LogP contribution in [-0.4, -0.2) is 10.8 Å². The zero-order valence-electron chi connectivity index (χ0n) is 11.1. The van der Waals surface area contributed by atoms with Gasteiger partial charge in [-0.3, -0.25) is 15.5 Å². The quantitative estimate of drug-likeness (QED) is 0.263. The second kappa shape index (κ2) is 6.33. The van der Waals surface area contributed by atoms with Gasteiger partial charge in [0, 0.05) is 29.6 Å². The summed E-state index contributed by atoms with van der Waals surface area (Å²) in [6.07, 6.45) is 3.39. The lowest BCUT2D eigenvalue weighted by Crippen LogP contribution is -2.17. The average molecular weight is 282 g/mol. The first kappa shape index (κ1) is 14.3. The molecule has 2 aromatic carbocycles. The van der Waals surface area contributed by atoms with Gasteiger partial charge in [0.2, 0.25) is 0 Å². The van der Waals surface area contributed by atoms with Crippen LogP contribution in [0.25, 0.3) is 6.08 Å². The number of benzene rings is 2. The van der Waals surface area contributed by atoms with Crippen molar-refractivity contribution in [3.63, 3.8) is 0 Å². The zero-order valence-corrected chi connectivity index (χ0v) is 11.1. The second-order valence-corrected chi connectivity index (χ2v) is 4.33. The van der Waals surface area contributed by atoms with Crippen molar-refractivity contribution in [1.29, 1.82) is 5.41 Å². The van der Waals surface area contributed by atoms with Gasteiger partial charge in [0.25, 0.3) is 5.69 Å². The Morgan fingerprint density at radius 1 is 1.24 bits per heavy atom. The van der Waals surface area contributed by atoms with E-state index in [2.05, 4.69) is 5.32 Å². The van der Waals surface area contributed by atoms with Gasteiger partial charge in [-0.1, -0.05) is 24.3 Å². The minimum absolute atomic E-state index is 0.0402. The predicted molar refractivity (Wildman–Crippen MR) is 82.9 cm³/mol. The van der Waals surface area contributed by atoms with E-state index in [1.54, 1.807) is 36.5 Å². The molecule has 0 saturated carbocycles. The minimum atomic E-state index is -0.485. The second-order valence-electron chi connectivity index (χ2n) is 4.33. The fraction of sp³-hybridized carbons (Fsp3) is 0. The Bertz CT molecular complexity index is 693. The third-order valence-electron chi connectivity index (χ3n) is 2.79. The van der Waals surface area contributed by atoms with Crippen molar-refractivity contribution < 1.29 is 4.92 Å². The van der Waals surface area contributed by atoms with Gasteiger partial charge in [-0.15, -0.1) is 0 Å². The number of hydrogen-bond donors (Lipinski definition) is 3. The maximum atomic E-state index is 10.7. The SMILES string of the molecule is N=C(NC=Cc1ccc(N)cc1)c1cccc([N+](=O)[O-])c1. The van der Waals surface area contributed by atoms with Crippen LogP contribution in [0, 0.1) is 15.5 Å². The summed E-state index contributed by atoms with van der Waals surface area (Å²) >= 11 is 0. The number of nitro groups is 1. The van der Waals surface area contributed by atoms with E-state index in [9.17, 15) is 10.1 Å². The number of amidine groups is 1. The topological polar surface area (TPSA) is 105 Å². The van der Waals surface area contributed by atoms with Crippen LogP contribution in [0.15, 0.2) is 54.7 Å². The molecule has 6 heteroatoms. The van der Waals surface area contributed by atoms with Crippen LogP contribution in [0.1, 0.15) is 11.1 Å². The molecule has 0 bridgehead atoms. The highest BCUT2D eigenvalue weighted by Crippen LogP contribution is 2.13. The number of nitrogens with zero attached hydrogens (tertiary/aromatic N) is 1. The number of rotatable bonds is 4. The fourth-order valence-corrected chi connectivity index (χ4v) is 1.69. The Morgan fingerprint density at radius 3 is 2.62 bits per heavy atom. The molecule has 0 unspecified atom stereocenters. The van der Waals surface area contributed by atoms with Crippen molar-refractivity contribution in [1.82, 2.24) is 5.32 Å². The molecule has 0 radical (unpaired) electrons. The summed E-state index contributed by atoms with van der Waals surface area (Å²) in [7, 11) is 0. The van der Waals surface area contributed by atoms with Gasteiger partial charge in [-0.25, -0.2) is 0 Å². The molecule has 0 aliphatic rings. The summed E-state index contributed by atoms with van der Waals surface area (Å²) in [5.74, 6) is 0.0883. The van der Waals surface area contributed by atoms with Crippen molar-refractivity contribution in [3.05, 3.63) is 76.0 Å². The van der Waals surface area contributed by atoms with Crippen molar-refractivity contribution >= 4 is 23.3 Å². The van der Waals surface area contributed by atoms with Crippen LogP contribution in [0.3, 0.4) is 0 Å². The molecule has 0 aromatic heterocycles. The molecule has 0 saturated heterocycles. The lowest BCUT2D eigenvalue weighted by atomic mass is 10.2. The number of nitro benzene ring substituents is 1. The standard InChI is InChI=1S/C15H14N4O2/c16-13-6-4-11(5-7-13)8-9-18-15(17)12-2-1-3-14(10-12)19(20)21/h1-10H,16H2,(H2,17,18). The maximum Gasteiger partial charge on any atom is 0.270 e. The third-order valence-corrected chi connectivity index (χ3v) is 2.79. The molecule has 0 amide bonds. The molecule has 2 aromatic rings. The van der Waals surface area contributed by atoms with E-state index >= 15 is 0 Å². The van der Waals surface area contributed by atoms with Crippen molar-refractivity contribution in [2.24, 2.45) is 0 Å². The van der Waals surface area contributed by atoms with E-state index in [1.165, 1.54) is 12.1 Å². The van der Waals surface area contributed by atoms with Gasteiger partial charge in [-0.05, 0) is 23.8 Å². The normalized spacial score (nSPS) is 10.5. The lowest BCUT2D eigenvalue weighted by Gasteiger charge is -2.03. The largest absolute Gasteiger partial charge is 0.399 e. The summed E-state index contributed by atoms with van der Waals surface area (Å²) in [5.41, 5.74) is 7.62. The molecule has 0 atom stereocenters. The number of nitrogen functional groups attached to an aromatic ring is 1. The first-order valence-corrected chi connectivity index (χ1v) is 6.18. The summed E-state index contributed by atoms with van der Waals surface area (Å²) in [4.78, 5) is 10.2. The van der Waals surface area contributed by atoms with E-state index in [0.717, 1.165) is 5.56 Å².